The number of ether oxygens (including phenoxy) is 1. The van der Waals surface area contributed by atoms with Gasteiger partial charge >= 0.3 is 5.97 Å². The minimum absolute atomic E-state index is 0.0369. The van der Waals surface area contributed by atoms with Crippen LogP contribution in [0.15, 0.2) is 18.2 Å². The van der Waals surface area contributed by atoms with E-state index in [0.29, 0.717) is 30.5 Å². The molecule has 20 heavy (non-hydrogen) atoms. The number of rotatable bonds is 4. The summed E-state index contributed by atoms with van der Waals surface area (Å²) in [5, 5.41) is 15.0. The molecule has 0 radical (unpaired) electrons. The monoisotopic (exact) mass is 298 g/mol. The highest BCUT2D eigenvalue weighted by atomic mass is 35.5. The summed E-state index contributed by atoms with van der Waals surface area (Å²) < 4.78 is 5.26. The average Bonchev–Trinajstić information content (AvgIpc) is 2.42. The largest absolute Gasteiger partial charge is 0.478 e. The van der Waals surface area contributed by atoms with Gasteiger partial charge in [-0.2, -0.15) is 0 Å². The van der Waals surface area contributed by atoms with E-state index in [4.69, 9.17) is 21.4 Å². The van der Waals surface area contributed by atoms with Gasteiger partial charge in [0, 0.05) is 19.0 Å². The molecule has 1 aromatic carbocycles. The van der Waals surface area contributed by atoms with Gasteiger partial charge in [-0.3, -0.25) is 4.79 Å². The number of carbonyl (C=O) groups is 2. The standard InChI is InChI=1S/C13H15ClN2O4/c14-10-2-1-8(13(18)19)5-11(10)16-12(17)6-9-7-20-4-3-15-9/h1-2,5,9,15H,3-4,6-7H2,(H,16,17)(H,18,19). The maximum Gasteiger partial charge on any atom is 0.335 e. The van der Waals surface area contributed by atoms with Gasteiger partial charge in [0.1, 0.15) is 0 Å². The van der Waals surface area contributed by atoms with Gasteiger partial charge in [-0.05, 0) is 18.2 Å². The summed E-state index contributed by atoms with van der Waals surface area (Å²) >= 11 is 5.94. The van der Waals surface area contributed by atoms with Crippen LogP contribution in [0.4, 0.5) is 5.69 Å². The molecular weight excluding hydrogens is 284 g/mol. The van der Waals surface area contributed by atoms with Crippen LogP contribution in [0.5, 0.6) is 0 Å². The van der Waals surface area contributed by atoms with Crippen molar-refractivity contribution in [2.75, 3.05) is 25.1 Å². The molecule has 7 heteroatoms. The van der Waals surface area contributed by atoms with Crippen molar-refractivity contribution < 1.29 is 19.4 Å². The van der Waals surface area contributed by atoms with E-state index in [2.05, 4.69) is 10.6 Å². The van der Waals surface area contributed by atoms with Crippen LogP contribution < -0.4 is 10.6 Å². The van der Waals surface area contributed by atoms with Gasteiger partial charge in [0.25, 0.3) is 0 Å². The van der Waals surface area contributed by atoms with E-state index in [0.717, 1.165) is 0 Å². The molecule has 1 atom stereocenters. The molecule has 1 aliphatic rings. The van der Waals surface area contributed by atoms with Gasteiger partial charge in [0.2, 0.25) is 5.91 Å². The van der Waals surface area contributed by atoms with E-state index in [1.54, 1.807) is 0 Å². The van der Waals surface area contributed by atoms with Gasteiger partial charge < -0.3 is 20.5 Å². The number of halogens is 1. The quantitative estimate of drug-likeness (QED) is 0.781. The highest BCUT2D eigenvalue weighted by molar-refractivity contribution is 6.33. The number of morpholine rings is 1. The van der Waals surface area contributed by atoms with E-state index < -0.39 is 5.97 Å². The second-order valence-electron chi connectivity index (χ2n) is 4.48. The van der Waals surface area contributed by atoms with Gasteiger partial charge in [0.05, 0.1) is 29.5 Å². The topological polar surface area (TPSA) is 87.7 Å². The average molecular weight is 299 g/mol. The molecule has 6 nitrogen and oxygen atoms in total. The Hall–Kier alpha value is -1.63. The SMILES string of the molecule is O=C(CC1COCCN1)Nc1cc(C(=O)O)ccc1Cl. The minimum atomic E-state index is -1.07. The normalized spacial score (nSPS) is 18.6. The van der Waals surface area contributed by atoms with E-state index >= 15 is 0 Å². The molecule has 1 aliphatic heterocycles. The van der Waals surface area contributed by atoms with E-state index in [1.165, 1.54) is 18.2 Å². The third-order valence-corrected chi connectivity index (χ3v) is 3.25. The van der Waals surface area contributed by atoms with Crippen molar-refractivity contribution in [2.45, 2.75) is 12.5 Å². The van der Waals surface area contributed by atoms with Crippen LogP contribution in [0.3, 0.4) is 0 Å². The maximum absolute atomic E-state index is 11.9. The predicted octanol–water partition coefficient (Wildman–Crippen LogP) is 1.36. The Morgan fingerprint density at radius 1 is 1.50 bits per heavy atom. The number of benzene rings is 1. The Balaban J connectivity index is 1.99. The maximum atomic E-state index is 11.9. The molecule has 1 fully saturated rings. The molecule has 0 saturated carbocycles. The molecule has 1 aromatic rings. The third kappa shape index (κ3) is 3.93. The Morgan fingerprint density at radius 2 is 2.30 bits per heavy atom. The first-order chi connectivity index (χ1) is 9.56. The zero-order chi connectivity index (χ0) is 14.5. The summed E-state index contributed by atoms with van der Waals surface area (Å²) in [6.07, 6.45) is 0.244. The zero-order valence-electron chi connectivity index (χ0n) is 10.7. The van der Waals surface area contributed by atoms with Crippen LogP contribution in [0.25, 0.3) is 0 Å². The van der Waals surface area contributed by atoms with Crippen molar-refractivity contribution in [3.8, 4) is 0 Å². The lowest BCUT2D eigenvalue weighted by molar-refractivity contribution is -0.117. The van der Waals surface area contributed by atoms with Crippen LogP contribution in [0, 0.1) is 0 Å². The molecule has 1 heterocycles. The number of carboxylic acid groups (broad SMARTS) is 1. The number of hydrogen-bond acceptors (Lipinski definition) is 4. The molecule has 3 N–H and O–H groups in total. The van der Waals surface area contributed by atoms with Crippen molar-refractivity contribution in [3.63, 3.8) is 0 Å². The number of carboxylic acids is 1. The van der Waals surface area contributed by atoms with Crippen molar-refractivity contribution in [3.05, 3.63) is 28.8 Å². The molecule has 0 aromatic heterocycles. The van der Waals surface area contributed by atoms with Gasteiger partial charge in [0.15, 0.2) is 0 Å². The molecule has 0 bridgehead atoms. The lowest BCUT2D eigenvalue weighted by Crippen LogP contribution is -2.43. The van der Waals surface area contributed by atoms with Crippen LogP contribution >= 0.6 is 11.6 Å². The van der Waals surface area contributed by atoms with E-state index in [-0.39, 0.29) is 23.9 Å². The Kier molecular flexibility index (Phi) is 4.94. The molecule has 0 aliphatic carbocycles. The number of anilines is 1. The second kappa shape index (κ2) is 6.69. The first-order valence-electron chi connectivity index (χ1n) is 6.20. The molecule has 0 spiro atoms. The van der Waals surface area contributed by atoms with Crippen LogP contribution in [-0.4, -0.2) is 42.8 Å². The van der Waals surface area contributed by atoms with Crippen molar-refractivity contribution in [2.24, 2.45) is 0 Å². The first-order valence-corrected chi connectivity index (χ1v) is 6.58. The van der Waals surface area contributed by atoms with Crippen molar-refractivity contribution >= 4 is 29.2 Å². The summed E-state index contributed by atoms with van der Waals surface area (Å²) in [4.78, 5) is 22.8. The molecule has 108 valence electrons. The van der Waals surface area contributed by atoms with Crippen LogP contribution in [0.2, 0.25) is 5.02 Å². The zero-order valence-corrected chi connectivity index (χ0v) is 11.4. The number of carbonyl (C=O) groups excluding carboxylic acids is 1. The van der Waals surface area contributed by atoms with Gasteiger partial charge in [-0.15, -0.1) is 0 Å². The highest BCUT2D eigenvalue weighted by Crippen LogP contribution is 2.23. The fourth-order valence-electron chi connectivity index (χ4n) is 1.93. The third-order valence-electron chi connectivity index (χ3n) is 2.92. The number of amides is 1. The van der Waals surface area contributed by atoms with Gasteiger partial charge in [-0.25, -0.2) is 4.79 Å². The number of aromatic carboxylic acids is 1. The second-order valence-corrected chi connectivity index (χ2v) is 4.89. The number of hydrogen-bond donors (Lipinski definition) is 3. The molecule has 1 amide bonds. The van der Waals surface area contributed by atoms with Crippen LogP contribution in [-0.2, 0) is 9.53 Å². The summed E-state index contributed by atoms with van der Waals surface area (Å²) in [6, 6.07) is 4.14. The van der Waals surface area contributed by atoms with Crippen molar-refractivity contribution in [1.29, 1.82) is 0 Å². The summed E-state index contributed by atoms with van der Waals surface area (Å²) in [5.74, 6) is -1.31. The van der Waals surface area contributed by atoms with Crippen molar-refractivity contribution in [1.82, 2.24) is 5.32 Å². The molecule has 1 saturated heterocycles. The summed E-state index contributed by atoms with van der Waals surface area (Å²) in [7, 11) is 0. The predicted molar refractivity (Wildman–Crippen MR) is 74.3 cm³/mol. The lowest BCUT2D eigenvalue weighted by Gasteiger charge is -2.23. The lowest BCUT2D eigenvalue weighted by atomic mass is 10.1. The van der Waals surface area contributed by atoms with Gasteiger partial charge in [-0.1, -0.05) is 11.6 Å². The fraction of sp³-hybridized carbons (Fsp3) is 0.385. The number of nitrogens with one attached hydrogen (secondary N) is 2. The summed E-state index contributed by atoms with van der Waals surface area (Å²) in [6.45, 7) is 1.84. The van der Waals surface area contributed by atoms with E-state index in [9.17, 15) is 9.59 Å². The Morgan fingerprint density at radius 3 is 2.95 bits per heavy atom. The molecular formula is C13H15ClN2O4. The first kappa shape index (κ1) is 14.8. The Labute approximate surface area is 121 Å². The molecule has 1 unspecified atom stereocenters. The Bertz CT molecular complexity index is 515. The smallest absolute Gasteiger partial charge is 0.335 e. The highest BCUT2D eigenvalue weighted by Gasteiger charge is 2.18. The minimum Gasteiger partial charge on any atom is -0.478 e. The summed E-state index contributed by atoms with van der Waals surface area (Å²) in [5.41, 5.74) is 0.372. The van der Waals surface area contributed by atoms with E-state index in [1.807, 2.05) is 0 Å². The fourth-order valence-corrected chi connectivity index (χ4v) is 2.09. The van der Waals surface area contributed by atoms with Crippen LogP contribution in [0.1, 0.15) is 16.8 Å². The molecule has 2 rings (SSSR count).